The summed E-state index contributed by atoms with van der Waals surface area (Å²) in [5.74, 6) is -2.70. The topological polar surface area (TPSA) is 104 Å². The highest BCUT2D eigenvalue weighted by Crippen LogP contribution is 2.34. The summed E-state index contributed by atoms with van der Waals surface area (Å²) in [5, 5.41) is 18.0. The average molecular weight is 367 g/mol. The molecule has 0 bridgehead atoms. The Balaban J connectivity index is 2.27. The van der Waals surface area contributed by atoms with E-state index in [9.17, 15) is 19.5 Å². The number of carbonyl (C=O) groups is 3. The molecule has 1 aliphatic heterocycles. The number of carbonyl (C=O) groups excluding carboxylic acids is 1. The molecule has 1 aliphatic rings. The minimum absolute atomic E-state index is 0.0217. The molecule has 0 aliphatic carbocycles. The summed E-state index contributed by atoms with van der Waals surface area (Å²) in [5.41, 5.74) is 0.710. The number of rotatable bonds is 6. The van der Waals surface area contributed by atoms with Crippen LogP contribution in [-0.2, 0) is 14.4 Å². The van der Waals surface area contributed by atoms with Crippen molar-refractivity contribution in [2.45, 2.75) is 12.5 Å². The van der Waals surface area contributed by atoms with Gasteiger partial charge in [0.2, 0.25) is 0 Å². The number of carboxylic acid groups (broad SMARTS) is 2. The Morgan fingerprint density at radius 3 is 2.46 bits per heavy atom. The predicted octanol–water partition coefficient (Wildman–Crippen LogP) is 1.82. The maximum atomic E-state index is 12.4. The van der Waals surface area contributed by atoms with Crippen molar-refractivity contribution < 1.29 is 29.3 Å². The highest BCUT2D eigenvalue weighted by Gasteiger charge is 2.41. The van der Waals surface area contributed by atoms with Gasteiger partial charge in [0.1, 0.15) is 16.1 Å². The van der Waals surface area contributed by atoms with E-state index in [1.54, 1.807) is 30.3 Å². The third kappa shape index (κ3) is 3.92. The SMILES string of the molecule is COc1ccc(/C=C2\SC(=S)N([C@H](CC(=O)O)C(=O)O)C2=O)cc1. The third-order valence-corrected chi connectivity index (χ3v) is 4.53. The van der Waals surface area contributed by atoms with Gasteiger partial charge < -0.3 is 14.9 Å². The van der Waals surface area contributed by atoms with E-state index < -0.39 is 30.3 Å². The zero-order valence-electron chi connectivity index (χ0n) is 12.5. The first-order chi connectivity index (χ1) is 11.3. The average Bonchev–Trinajstić information content (AvgIpc) is 2.79. The predicted molar refractivity (Wildman–Crippen MR) is 91.7 cm³/mol. The van der Waals surface area contributed by atoms with Gasteiger partial charge in [0.15, 0.2) is 0 Å². The van der Waals surface area contributed by atoms with Crippen molar-refractivity contribution in [3.63, 3.8) is 0 Å². The highest BCUT2D eigenvalue weighted by atomic mass is 32.2. The summed E-state index contributed by atoms with van der Waals surface area (Å²) in [6.45, 7) is 0. The molecule has 7 nitrogen and oxygen atoms in total. The van der Waals surface area contributed by atoms with Crippen LogP contribution in [-0.4, -0.2) is 50.4 Å². The molecule has 1 fully saturated rings. The van der Waals surface area contributed by atoms with Gasteiger partial charge in [-0.25, -0.2) is 4.79 Å². The van der Waals surface area contributed by atoms with Crippen LogP contribution in [0.1, 0.15) is 12.0 Å². The second-order valence-corrected chi connectivity index (χ2v) is 6.45. The maximum Gasteiger partial charge on any atom is 0.327 e. The van der Waals surface area contributed by atoms with Gasteiger partial charge in [-0.2, -0.15) is 0 Å². The molecule has 1 amide bonds. The monoisotopic (exact) mass is 367 g/mol. The zero-order chi connectivity index (χ0) is 17.9. The van der Waals surface area contributed by atoms with Crippen LogP contribution in [0.4, 0.5) is 0 Å². The van der Waals surface area contributed by atoms with Gasteiger partial charge in [-0.15, -0.1) is 0 Å². The van der Waals surface area contributed by atoms with Crippen molar-refractivity contribution >= 4 is 52.2 Å². The molecule has 1 atom stereocenters. The van der Waals surface area contributed by atoms with Gasteiger partial charge >= 0.3 is 11.9 Å². The zero-order valence-corrected chi connectivity index (χ0v) is 14.1. The number of hydrogen-bond donors (Lipinski definition) is 2. The Labute approximate surface area is 146 Å². The number of amides is 1. The molecular formula is C15H13NO6S2. The highest BCUT2D eigenvalue weighted by molar-refractivity contribution is 8.26. The minimum atomic E-state index is -1.53. The summed E-state index contributed by atoms with van der Waals surface area (Å²) < 4.78 is 5.07. The second kappa shape index (κ2) is 7.45. The van der Waals surface area contributed by atoms with Crippen molar-refractivity contribution in [2.75, 3.05) is 7.11 Å². The number of hydrogen-bond acceptors (Lipinski definition) is 6. The van der Waals surface area contributed by atoms with E-state index in [1.165, 1.54) is 7.11 Å². The Kier molecular flexibility index (Phi) is 5.58. The van der Waals surface area contributed by atoms with E-state index in [4.69, 9.17) is 22.1 Å². The first-order valence-corrected chi connectivity index (χ1v) is 7.91. The first-order valence-electron chi connectivity index (χ1n) is 6.69. The Hall–Kier alpha value is -2.39. The Bertz CT molecular complexity index is 728. The number of carboxylic acids is 2. The van der Waals surface area contributed by atoms with Crippen LogP contribution in [0.3, 0.4) is 0 Å². The van der Waals surface area contributed by atoms with Gasteiger partial charge in [-0.3, -0.25) is 14.5 Å². The van der Waals surface area contributed by atoms with Gasteiger partial charge in [0.05, 0.1) is 18.4 Å². The van der Waals surface area contributed by atoms with Crippen molar-refractivity contribution in [2.24, 2.45) is 0 Å². The second-order valence-electron chi connectivity index (χ2n) is 4.78. The molecule has 2 N–H and O–H groups in total. The van der Waals surface area contributed by atoms with Crippen molar-refractivity contribution in [1.82, 2.24) is 4.90 Å². The molecule has 2 rings (SSSR count). The number of thiocarbonyl (C=S) groups is 1. The van der Waals surface area contributed by atoms with Crippen LogP contribution < -0.4 is 4.74 Å². The lowest BCUT2D eigenvalue weighted by atomic mass is 10.1. The molecule has 126 valence electrons. The van der Waals surface area contributed by atoms with E-state index in [1.807, 2.05) is 0 Å². The van der Waals surface area contributed by atoms with E-state index >= 15 is 0 Å². The molecule has 0 unspecified atom stereocenters. The summed E-state index contributed by atoms with van der Waals surface area (Å²) in [4.78, 5) is 35.6. The number of ether oxygens (including phenoxy) is 1. The molecule has 0 spiro atoms. The molecule has 1 heterocycles. The molecule has 0 radical (unpaired) electrons. The van der Waals surface area contributed by atoms with E-state index in [0.29, 0.717) is 11.3 Å². The normalized spacial score (nSPS) is 17.2. The Morgan fingerprint density at radius 1 is 1.33 bits per heavy atom. The molecule has 9 heteroatoms. The van der Waals surface area contributed by atoms with Gasteiger partial charge in [0.25, 0.3) is 5.91 Å². The number of methoxy groups -OCH3 is 1. The molecule has 24 heavy (non-hydrogen) atoms. The van der Waals surface area contributed by atoms with Crippen LogP contribution >= 0.6 is 24.0 Å². The lowest BCUT2D eigenvalue weighted by Crippen LogP contribution is -2.45. The van der Waals surface area contributed by atoms with Crippen molar-refractivity contribution in [1.29, 1.82) is 0 Å². The van der Waals surface area contributed by atoms with Crippen molar-refractivity contribution in [3.8, 4) is 5.75 Å². The molecule has 1 aromatic rings. The van der Waals surface area contributed by atoms with Crippen LogP contribution in [0.5, 0.6) is 5.75 Å². The van der Waals surface area contributed by atoms with Crippen LogP contribution in [0.15, 0.2) is 29.2 Å². The van der Waals surface area contributed by atoms with Gasteiger partial charge in [-0.05, 0) is 23.8 Å². The van der Waals surface area contributed by atoms with Crippen LogP contribution in [0.2, 0.25) is 0 Å². The molecular weight excluding hydrogens is 354 g/mol. The lowest BCUT2D eigenvalue weighted by Gasteiger charge is -2.21. The fraction of sp³-hybridized carbons (Fsp3) is 0.200. The molecule has 1 saturated heterocycles. The largest absolute Gasteiger partial charge is 0.497 e. The van der Waals surface area contributed by atoms with E-state index in [-0.39, 0.29) is 9.23 Å². The summed E-state index contributed by atoms with van der Waals surface area (Å²) >= 11 is 5.99. The smallest absolute Gasteiger partial charge is 0.327 e. The van der Waals surface area contributed by atoms with Crippen LogP contribution in [0, 0.1) is 0 Å². The minimum Gasteiger partial charge on any atom is -0.497 e. The van der Waals surface area contributed by atoms with Crippen molar-refractivity contribution in [3.05, 3.63) is 34.7 Å². The lowest BCUT2D eigenvalue weighted by molar-refractivity contribution is -0.150. The number of thioether (sulfide) groups is 1. The third-order valence-electron chi connectivity index (χ3n) is 3.20. The quantitative estimate of drug-likeness (QED) is 0.580. The first kappa shape index (κ1) is 18.0. The van der Waals surface area contributed by atoms with E-state index in [2.05, 4.69) is 0 Å². The fourth-order valence-corrected chi connectivity index (χ4v) is 3.41. The summed E-state index contributed by atoms with van der Waals surface area (Å²) in [7, 11) is 1.54. The van der Waals surface area contributed by atoms with E-state index in [0.717, 1.165) is 16.7 Å². The molecule has 0 aromatic heterocycles. The van der Waals surface area contributed by atoms with Crippen LogP contribution in [0.25, 0.3) is 6.08 Å². The summed E-state index contributed by atoms with van der Waals surface area (Å²) in [6, 6.07) is 5.37. The standard InChI is InChI=1S/C15H13NO6S2/c1-22-9-4-2-8(3-5-9)6-11-13(19)16(15(23)24-11)10(14(20)21)7-12(17)18/h2-6,10H,7H2,1H3,(H,17,18)(H,20,21)/b11-6-/t10-/m1/s1. The molecule has 1 aromatic carbocycles. The Morgan fingerprint density at radius 2 is 1.96 bits per heavy atom. The maximum absolute atomic E-state index is 12.4. The number of aliphatic carboxylic acids is 2. The molecule has 0 saturated carbocycles. The fourth-order valence-electron chi connectivity index (χ4n) is 2.05. The van der Waals surface area contributed by atoms with Gasteiger partial charge in [-0.1, -0.05) is 36.1 Å². The number of benzene rings is 1. The summed E-state index contributed by atoms with van der Waals surface area (Å²) in [6.07, 6.45) is 0.843. The number of nitrogens with zero attached hydrogens (tertiary/aromatic N) is 1. The van der Waals surface area contributed by atoms with Gasteiger partial charge in [0, 0.05) is 0 Å².